The number of rotatable bonds is 6. The van der Waals surface area contributed by atoms with Crippen LogP contribution in [0, 0.1) is 5.82 Å². The smallest absolute Gasteiger partial charge is 0.335 e. The number of hydrazine groups is 1. The number of hydrogen-bond donors (Lipinski definition) is 2. The topological polar surface area (TPSA) is 115 Å². The van der Waals surface area contributed by atoms with Crippen molar-refractivity contribution in [1.29, 1.82) is 0 Å². The maximum absolute atomic E-state index is 15.3. The molecule has 0 spiro atoms. The predicted octanol–water partition coefficient (Wildman–Crippen LogP) is 3.16. The summed E-state index contributed by atoms with van der Waals surface area (Å²) in [5.41, 5.74) is 3.09. The maximum Gasteiger partial charge on any atom is 0.335 e. The number of hydrogen-bond acceptors (Lipinski definition) is 8. The van der Waals surface area contributed by atoms with E-state index in [-0.39, 0.29) is 25.7 Å². The van der Waals surface area contributed by atoms with Crippen molar-refractivity contribution in [3.05, 3.63) is 80.2 Å². The van der Waals surface area contributed by atoms with Crippen LogP contribution in [0.3, 0.4) is 0 Å². The number of nitrogens with one attached hydrogen (secondary N) is 1. The number of amides is 2. The Morgan fingerprint density at radius 1 is 1.12 bits per heavy atom. The zero-order valence-corrected chi connectivity index (χ0v) is 23.9. The fourth-order valence-electron chi connectivity index (χ4n) is 4.71. The molecule has 2 fully saturated rings. The van der Waals surface area contributed by atoms with E-state index >= 15 is 4.39 Å². The van der Waals surface area contributed by atoms with Gasteiger partial charge in [-0.3, -0.25) is 19.8 Å². The first-order valence-corrected chi connectivity index (χ1v) is 14.0. The number of aryl methyl sites for hydroxylation is 1. The fourth-order valence-corrected chi connectivity index (χ4v) is 5.89. The third-order valence-corrected chi connectivity index (χ3v) is 8.34. The van der Waals surface area contributed by atoms with Crippen LogP contribution in [0.4, 0.5) is 10.1 Å². The van der Waals surface area contributed by atoms with Crippen molar-refractivity contribution in [3.8, 4) is 0 Å². The Kier molecular flexibility index (Phi) is 7.93. The van der Waals surface area contributed by atoms with E-state index in [9.17, 15) is 19.2 Å². The summed E-state index contributed by atoms with van der Waals surface area (Å²) in [6.07, 6.45) is 2.93. The number of piperazine rings is 1. The van der Waals surface area contributed by atoms with Crippen LogP contribution in [0.1, 0.15) is 33.2 Å². The van der Waals surface area contributed by atoms with E-state index in [2.05, 4.69) is 10.3 Å². The summed E-state index contributed by atoms with van der Waals surface area (Å²) < 4.78 is 17.0. The standard InChI is InChI=1S/C28H26FN5O5S2/c1-3-32-15-19(24(35)18-13-20(29)22(14-21(18)32)33-10-8-31(2)9-11-33)25(36)30-34-26(37)23(41-28(34)40)12-16-4-6-17(7-5-16)27(38)39/h4-7,12-15H,3,8-11H2,1-2H3,(H,30,36)(H,38,39)/b23-12-. The van der Waals surface area contributed by atoms with Crippen molar-refractivity contribution in [3.63, 3.8) is 0 Å². The molecule has 5 rings (SSSR count). The van der Waals surface area contributed by atoms with Gasteiger partial charge in [-0.1, -0.05) is 23.9 Å². The van der Waals surface area contributed by atoms with Crippen LogP contribution in [0.5, 0.6) is 0 Å². The van der Waals surface area contributed by atoms with Gasteiger partial charge in [-0.2, -0.15) is 5.01 Å². The van der Waals surface area contributed by atoms with E-state index in [0.717, 1.165) is 29.9 Å². The van der Waals surface area contributed by atoms with Gasteiger partial charge < -0.3 is 19.5 Å². The number of carbonyl (C=O) groups is 3. The number of likely N-dealkylation sites (N-methyl/N-ethyl adjacent to an activating group) is 1. The molecule has 3 heterocycles. The van der Waals surface area contributed by atoms with Crippen molar-refractivity contribution in [2.45, 2.75) is 13.5 Å². The maximum atomic E-state index is 15.3. The van der Waals surface area contributed by atoms with Gasteiger partial charge in [0.2, 0.25) is 5.43 Å². The number of aromatic carboxylic acids is 1. The normalized spacial score (nSPS) is 17.1. The van der Waals surface area contributed by atoms with Crippen LogP contribution in [0.2, 0.25) is 0 Å². The second kappa shape index (κ2) is 11.4. The van der Waals surface area contributed by atoms with Gasteiger partial charge in [0.05, 0.1) is 21.7 Å². The average Bonchev–Trinajstić information content (AvgIpc) is 3.21. The second-order valence-corrected chi connectivity index (χ2v) is 11.3. The lowest BCUT2D eigenvalue weighted by molar-refractivity contribution is -0.123. The van der Waals surface area contributed by atoms with Crippen molar-refractivity contribution >= 4 is 68.8 Å². The molecule has 0 aliphatic carbocycles. The largest absolute Gasteiger partial charge is 0.478 e. The minimum atomic E-state index is -1.07. The zero-order valence-electron chi connectivity index (χ0n) is 22.2. The third kappa shape index (κ3) is 5.60. The molecule has 13 heteroatoms. The Morgan fingerprint density at radius 2 is 1.80 bits per heavy atom. The van der Waals surface area contributed by atoms with Gasteiger partial charge in [0.15, 0.2) is 4.32 Å². The van der Waals surface area contributed by atoms with Gasteiger partial charge in [-0.25, -0.2) is 9.18 Å². The average molecular weight is 596 g/mol. The number of carboxylic acid groups (broad SMARTS) is 1. The summed E-state index contributed by atoms with van der Waals surface area (Å²) in [4.78, 5) is 55.1. The van der Waals surface area contributed by atoms with Crippen LogP contribution < -0.4 is 15.8 Å². The van der Waals surface area contributed by atoms with Crippen LogP contribution in [0.15, 0.2) is 52.3 Å². The van der Waals surface area contributed by atoms with Gasteiger partial charge in [0.25, 0.3) is 11.8 Å². The minimum Gasteiger partial charge on any atom is -0.478 e. The lowest BCUT2D eigenvalue weighted by atomic mass is 10.1. The number of fused-ring (bicyclic) bond motifs is 1. The first-order valence-electron chi connectivity index (χ1n) is 12.8. The number of aromatic nitrogens is 1. The number of carboxylic acids is 1. The van der Waals surface area contributed by atoms with Crippen molar-refractivity contribution in [1.82, 2.24) is 19.9 Å². The highest BCUT2D eigenvalue weighted by Crippen LogP contribution is 2.32. The summed E-state index contributed by atoms with van der Waals surface area (Å²) in [5, 5.41) is 10.0. The molecule has 2 saturated heterocycles. The molecule has 0 saturated carbocycles. The van der Waals surface area contributed by atoms with Crippen molar-refractivity contribution in [2.75, 3.05) is 38.1 Å². The summed E-state index contributed by atoms with van der Waals surface area (Å²) in [7, 11) is 2.01. The van der Waals surface area contributed by atoms with Gasteiger partial charge in [-0.15, -0.1) is 0 Å². The molecule has 2 aliphatic heterocycles. The number of benzene rings is 2. The molecule has 0 bridgehead atoms. The number of halogens is 1. The molecule has 2 aromatic carbocycles. The van der Waals surface area contributed by atoms with E-state index < -0.39 is 29.0 Å². The number of nitrogens with zero attached hydrogens (tertiary/aromatic N) is 4. The molecule has 41 heavy (non-hydrogen) atoms. The highest BCUT2D eigenvalue weighted by molar-refractivity contribution is 8.26. The molecule has 2 aliphatic rings. The number of thiocarbonyl (C=S) groups is 1. The Balaban J connectivity index is 1.41. The lowest BCUT2D eigenvalue weighted by Gasteiger charge is -2.34. The monoisotopic (exact) mass is 595 g/mol. The molecule has 2 amide bonds. The quantitative estimate of drug-likeness (QED) is 0.328. The molecule has 0 unspecified atom stereocenters. The molecular formula is C28H26FN5O5S2. The van der Waals surface area contributed by atoms with Crippen LogP contribution in [-0.2, 0) is 11.3 Å². The summed E-state index contributed by atoms with van der Waals surface area (Å²) in [6.45, 7) is 5.15. The molecule has 212 valence electrons. The van der Waals surface area contributed by atoms with Gasteiger partial charge in [-0.05, 0) is 62.1 Å². The van der Waals surface area contributed by atoms with Gasteiger partial charge in [0.1, 0.15) is 11.4 Å². The molecular weight excluding hydrogens is 569 g/mol. The summed E-state index contributed by atoms with van der Waals surface area (Å²) in [5.74, 6) is -3.07. The van der Waals surface area contributed by atoms with Crippen LogP contribution >= 0.6 is 24.0 Å². The third-order valence-electron chi connectivity index (χ3n) is 7.04. The van der Waals surface area contributed by atoms with Gasteiger partial charge in [0, 0.05) is 44.3 Å². The van der Waals surface area contributed by atoms with E-state index in [1.807, 2.05) is 18.9 Å². The first-order chi connectivity index (χ1) is 19.6. The first kappa shape index (κ1) is 28.5. The Labute approximate surface area is 244 Å². The minimum absolute atomic E-state index is 0.0521. The van der Waals surface area contributed by atoms with Crippen LogP contribution in [-0.4, -0.2) is 74.9 Å². The van der Waals surface area contributed by atoms with Crippen molar-refractivity contribution in [2.24, 2.45) is 0 Å². The number of carbonyl (C=O) groups excluding carboxylic acids is 2. The van der Waals surface area contributed by atoms with Gasteiger partial charge >= 0.3 is 5.97 Å². The predicted molar refractivity (Wildman–Crippen MR) is 159 cm³/mol. The van der Waals surface area contributed by atoms with Crippen LogP contribution in [0.25, 0.3) is 17.0 Å². The van der Waals surface area contributed by atoms with E-state index in [4.69, 9.17) is 17.3 Å². The molecule has 0 atom stereocenters. The van der Waals surface area contributed by atoms with E-state index in [1.165, 1.54) is 30.5 Å². The number of pyridine rings is 1. The number of thioether (sulfide) groups is 1. The molecule has 3 aromatic rings. The Morgan fingerprint density at radius 3 is 2.44 bits per heavy atom. The van der Waals surface area contributed by atoms with Crippen molar-refractivity contribution < 1.29 is 23.9 Å². The molecule has 10 nitrogen and oxygen atoms in total. The van der Waals surface area contributed by atoms with E-state index in [1.54, 1.807) is 22.8 Å². The SMILES string of the molecule is CCn1cc(C(=O)NN2C(=O)/C(=C/c3ccc(C(=O)O)cc3)SC2=S)c(=O)c2cc(F)c(N3CCN(C)CC3)cc21. The number of anilines is 1. The lowest BCUT2D eigenvalue weighted by Crippen LogP contribution is -2.46. The highest BCUT2D eigenvalue weighted by Gasteiger charge is 2.34. The Bertz CT molecular complexity index is 1680. The molecule has 0 radical (unpaired) electrons. The van der Waals surface area contributed by atoms with E-state index in [0.29, 0.717) is 36.4 Å². The molecule has 1 aromatic heterocycles. The summed E-state index contributed by atoms with van der Waals surface area (Å²) >= 11 is 6.24. The second-order valence-electron chi connectivity index (χ2n) is 9.65. The molecule has 2 N–H and O–H groups in total. The summed E-state index contributed by atoms with van der Waals surface area (Å²) in [6, 6.07) is 8.74. The zero-order chi connectivity index (χ0) is 29.4. The Hall–Kier alpha value is -4.07. The highest BCUT2D eigenvalue weighted by atomic mass is 32.2. The fraction of sp³-hybridized carbons (Fsp3) is 0.250.